The maximum atomic E-state index is 12.0. The zero-order valence-electron chi connectivity index (χ0n) is 14.8. The maximum absolute atomic E-state index is 12.0. The number of ether oxygens (including phenoxy) is 2. The Bertz CT molecular complexity index is 716. The number of nitrogens with one attached hydrogen (secondary N) is 1. The number of anilines is 1. The summed E-state index contributed by atoms with van der Waals surface area (Å²) < 4.78 is 11.2. The van der Waals surface area contributed by atoms with Crippen LogP contribution in [0.4, 0.5) is 5.69 Å². The zero-order chi connectivity index (χ0) is 18.2. The van der Waals surface area contributed by atoms with Crippen LogP contribution in [-0.4, -0.2) is 19.1 Å². The van der Waals surface area contributed by atoms with Gasteiger partial charge in [-0.2, -0.15) is 0 Å². The molecule has 0 aliphatic carbocycles. The van der Waals surface area contributed by atoms with Crippen molar-refractivity contribution in [3.63, 3.8) is 0 Å². The average Bonchev–Trinajstić information content (AvgIpc) is 2.56. The van der Waals surface area contributed by atoms with Crippen LogP contribution in [0.15, 0.2) is 42.5 Å². The number of rotatable bonds is 8. The van der Waals surface area contributed by atoms with E-state index in [0.717, 1.165) is 17.7 Å². The molecule has 0 unspecified atom stereocenters. The molecule has 1 amide bonds. The van der Waals surface area contributed by atoms with Crippen LogP contribution < -0.4 is 14.8 Å². The van der Waals surface area contributed by atoms with Crippen LogP contribution in [0.2, 0.25) is 5.02 Å². The lowest BCUT2D eigenvalue weighted by Crippen LogP contribution is -2.20. The van der Waals surface area contributed by atoms with E-state index in [1.165, 1.54) is 0 Å². The molecule has 2 aromatic carbocycles. The monoisotopic (exact) mass is 361 g/mol. The molecule has 0 saturated heterocycles. The molecule has 134 valence electrons. The van der Waals surface area contributed by atoms with Gasteiger partial charge in [0.25, 0.3) is 5.91 Å². The molecule has 0 aliphatic heterocycles. The molecule has 25 heavy (non-hydrogen) atoms. The van der Waals surface area contributed by atoms with E-state index in [-0.39, 0.29) is 12.5 Å². The summed E-state index contributed by atoms with van der Waals surface area (Å²) in [5.41, 5.74) is 1.59. The van der Waals surface area contributed by atoms with Gasteiger partial charge in [-0.1, -0.05) is 31.5 Å². The summed E-state index contributed by atoms with van der Waals surface area (Å²) in [6.45, 7) is 6.79. The molecule has 2 aromatic rings. The minimum absolute atomic E-state index is 0.0699. The van der Waals surface area contributed by atoms with Gasteiger partial charge < -0.3 is 14.8 Å². The van der Waals surface area contributed by atoms with Crippen molar-refractivity contribution in [2.75, 3.05) is 18.5 Å². The third-order valence-corrected chi connectivity index (χ3v) is 4.01. The first-order valence-electron chi connectivity index (χ1n) is 8.35. The summed E-state index contributed by atoms with van der Waals surface area (Å²) in [4.78, 5) is 12.0. The summed E-state index contributed by atoms with van der Waals surface area (Å²) in [6, 6.07) is 12.7. The highest BCUT2D eigenvalue weighted by Gasteiger charge is 2.06. The largest absolute Gasteiger partial charge is 0.494 e. The number of hydrogen-bond donors (Lipinski definition) is 1. The van der Waals surface area contributed by atoms with Gasteiger partial charge in [0.05, 0.1) is 6.61 Å². The number of aryl methyl sites for hydroxylation is 1. The first-order chi connectivity index (χ1) is 11.9. The predicted octanol–water partition coefficient (Wildman–Crippen LogP) is 5.09. The van der Waals surface area contributed by atoms with Crippen molar-refractivity contribution in [2.45, 2.75) is 27.2 Å². The average molecular weight is 362 g/mol. The molecule has 0 fully saturated rings. The van der Waals surface area contributed by atoms with Crippen molar-refractivity contribution in [3.8, 4) is 11.5 Å². The lowest BCUT2D eigenvalue weighted by atomic mass is 10.1. The van der Waals surface area contributed by atoms with E-state index in [2.05, 4.69) is 19.2 Å². The second-order valence-corrected chi connectivity index (χ2v) is 6.71. The molecule has 0 spiro atoms. The van der Waals surface area contributed by atoms with Gasteiger partial charge >= 0.3 is 0 Å². The lowest BCUT2D eigenvalue weighted by Gasteiger charge is -2.11. The number of carbonyl (C=O) groups is 1. The molecule has 2 rings (SSSR count). The molecule has 1 N–H and O–H groups in total. The molecule has 4 nitrogen and oxygen atoms in total. The normalized spacial score (nSPS) is 10.6. The highest BCUT2D eigenvalue weighted by atomic mass is 35.5. The summed E-state index contributed by atoms with van der Waals surface area (Å²) in [5, 5.41) is 3.48. The predicted molar refractivity (Wildman–Crippen MR) is 102 cm³/mol. The van der Waals surface area contributed by atoms with Crippen LogP contribution in [0.25, 0.3) is 0 Å². The van der Waals surface area contributed by atoms with Gasteiger partial charge in [0.1, 0.15) is 11.5 Å². The summed E-state index contributed by atoms with van der Waals surface area (Å²) in [5.74, 6) is 1.72. The smallest absolute Gasteiger partial charge is 0.262 e. The fourth-order valence-corrected chi connectivity index (χ4v) is 2.25. The Kier molecular flexibility index (Phi) is 7.14. The second kappa shape index (κ2) is 9.33. The Balaban J connectivity index is 1.84. The van der Waals surface area contributed by atoms with Crippen LogP contribution in [0.5, 0.6) is 11.5 Å². The van der Waals surface area contributed by atoms with Gasteiger partial charge in [-0.15, -0.1) is 0 Å². The third-order valence-electron chi connectivity index (χ3n) is 3.58. The molecule has 0 bridgehead atoms. The fraction of sp³-hybridized carbons (Fsp3) is 0.350. The van der Waals surface area contributed by atoms with Crippen LogP contribution in [0, 0.1) is 12.8 Å². The Hall–Kier alpha value is -2.20. The van der Waals surface area contributed by atoms with Crippen molar-refractivity contribution >= 4 is 23.2 Å². The molecule has 0 aromatic heterocycles. The highest BCUT2D eigenvalue weighted by Crippen LogP contribution is 2.21. The Morgan fingerprint density at radius 1 is 1.12 bits per heavy atom. The van der Waals surface area contributed by atoms with Crippen LogP contribution in [0.3, 0.4) is 0 Å². The van der Waals surface area contributed by atoms with E-state index in [0.29, 0.717) is 29.0 Å². The van der Waals surface area contributed by atoms with Gasteiger partial charge in [-0.3, -0.25) is 4.79 Å². The number of carbonyl (C=O) groups excluding carboxylic acids is 1. The molecular formula is C20H24ClNO3. The molecule has 0 radical (unpaired) electrons. The number of amides is 1. The third kappa shape index (κ3) is 6.67. The molecular weight excluding hydrogens is 338 g/mol. The SMILES string of the molecule is Cc1cc(OCC(=O)Nc2cccc(OCCC(C)C)c2)ccc1Cl. The van der Waals surface area contributed by atoms with Crippen molar-refractivity contribution in [3.05, 3.63) is 53.1 Å². The number of hydrogen-bond acceptors (Lipinski definition) is 3. The Morgan fingerprint density at radius 3 is 2.60 bits per heavy atom. The first kappa shape index (κ1) is 19.1. The topological polar surface area (TPSA) is 47.6 Å². The Labute approximate surface area is 154 Å². The van der Waals surface area contributed by atoms with Gasteiger partial charge in [0.2, 0.25) is 0 Å². The fourth-order valence-electron chi connectivity index (χ4n) is 2.13. The lowest BCUT2D eigenvalue weighted by molar-refractivity contribution is -0.118. The Morgan fingerprint density at radius 2 is 1.88 bits per heavy atom. The molecule has 0 saturated carbocycles. The van der Waals surface area contributed by atoms with Gasteiger partial charge in [0.15, 0.2) is 6.61 Å². The molecule has 0 aliphatic rings. The standard InChI is InChI=1S/C20H24ClNO3/c1-14(2)9-10-24-17-6-4-5-16(12-17)22-20(23)13-25-18-7-8-19(21)15(3)11-18/h4-8,11-12,14H,9-10,13H2,1-3H3,(H,22,23). The van der Waals surface area contributed by atoms with Crippen LogP contribution in [0.1, 0.15) is 25.8 Å². The number of benzene rings is 2. The highest BCUT2D eigenvalue weighted by molar-refractivity contribution is 6.31. The van der Waals surface area contributed by atoms with E-state index in [1.54, 1.807) is 18.2 Å². The second-order valence-electron chi connectivity index (χ2n) is 6.31. The van der Waals surface area contributed by atoms with Crippen molar-refractivity contribution < 1.29 is 14.3 Å². The van der Waals surface area contributed by atoms with Gasteiger partial charge in [0, 0.05) is 16.8 Å². The van der Waals surface area contributed by atoms with Crippen molar-refractivity contribution in [1.82, 2.24) is 0 Å². The molecule has 5 heteroatoms. The van der Waals surface area contributed by atoms with Crippen molar-refractivity contribution in [2.24, 2.45) is 5.92 Å². The zero-order valence-corrected chi connectivity index (χ0v) is 15.6. The summed E-state index contributed by atoms with van der Waals surface area (Å²) >= 11 is 5.97. The van der Waals surface area contributed by atoms with Gasteiger partial charge in [-0.25, -0.2) is 0 Å². The van der Waals surface area contributed by atoms with Crippen LogP contribution >= 0.6 is 11.6 Å². The summed E-state index contributed by atoms with van der Waals surface area (Å²) in [7, 11) is 0. The summed E-state index contributed by atoms with van der Waals surface area (Å²) in [6.07, 6.45) is 0.991. The van der Waals surface area contributed by atoms with E-state index >= 15 is 0 Å². The number of halogens is 1. The quantitative estimate of drug-likeness (QED) is 0.712. The molecule has 0 atom stereocenters. The minimum Gasteiger partial charge on any atom is -0.494 e. The van der Waals surface area contributed by atoms with E-state index in [1.807, 2.05) is 31.2 Å². The van der Waals surface area contributed by atoms with E-state index < -0.39 is 0 Å². The maximum Gasteiger partial charge on any atom is 0.262 e. The van der Waals surface area contributed by atoms with Gasteiger partial charge in [-0.05, 0) is 55.2 Å². The minimum atomic E-state index is -0.230. The van der Waals surface area contributed by atoms with Crippen LogP contribution in [-0.2, 0) is 4.79 Å². The van der Waals surface area contributed by atoms with Crippen molar-refractivity contribution in [1.29, 1.82) is 0 Å². The van der Waals surface area contributed by atoms with E-state index in [4.69, 9.17) is 21.1 Å². The first-order valence-corrected chi connectivity index (χ1v) is 8.73. The molecule has 0 heterocycles. The van der Waals surface area contributed by atoms with E-state index in [9.17, 15) is 4.79 Å².